The molecule has 0 atom stereocenters. The molecule has 2 heterocycles. The van der Waals surface area contributed by atoms with Crippen molar-refractivity contribution < 1.29 is 31.1 Å². The smallest absolute Gasteiger partial charge is 0.294 e. The number of aromatic nitrogens is 4. The summed E-state index contributed by atoms with van der Waals surface area (Å²) in [6, 6.07) is 2.40. The third-order valence-corrected chi connectivity index (χ3v) is 4.32. The Morgan fingerprint density at radius 1 is 0.938 bits per heavy atom. The van der Waals surface area contributed by atoms with Crippen molar-refractivity contribution in [1.82, 2.24) is 19.9 Å². The molecule has 0 bridgehead atoms. The molecule has 0 fully saturated rings. The Bertz CT molecular complexity index is 1160. The highest BCUT2D eigenvalue weighted by atomic mass is 35.5. The molecule has 0 aliphatic rings. The topological polar surface area (TPSA) is 68.6 Å². The number of allylic oxidation sites excluding steroid dienone is 1. The van der Waals surface area contributed by atoms with Gasteiger partial charge in [-0.2, -0.15) is 26.3 Å². The molecule has 3 aromatic rings. The van der Waals surface area contributed by atoms with E-state index >= 15 is 0 Å². The molecule has 0 amide bonds. The number of Topliss-reactive ketones (excluding diaryl/α,β-unsaturated/α-hetero) is 1. The largest absolute Gasteiger partial charge is 0.416 e. The van der Waals surface area contributed by atoms with Crippen molar-refractivity contribution >= 4 is 29.0 Å². The first-order valence-corrected chi connectivity index (χ1v) is 9.06. The molecule has 32 heavy (non-hydrogen) atoms. The number of hydrogen-bond donors (Lipinski definition) is 0. The van der Waals surface area contributed by atoms with Crippen LogP contribution in [0.15, 0.2) is 42.9 Å². The van der Waals surface area contributed by atoms with Crippen molar-refractivity contribution in [3.05, 3.63) is 70.5 Å². The number of nitrogens with zero attached hydrogens (tertiary/aromatic N) is 4. The Labute approximate surface area is 181 Å². The first-order chi connectivity index (χ1) is 14.8. The summed E-state index contributed by atoms with van der Waals surface area (Å²) in [5, 5.41) is -0.0500. The summed E-state index contributed by atoms with van der Waals surface area (Å²) in [4.78, 5) is 27.4. The van der Waals surface area contributed by atoms with Gasteiger partial charge in [-0.3, -0.25) is 4.79 Å². The standard InChI is InChI=1S/C20H11ClF6N4O/c1-10(32)16(12-8-29-18(21)30-9-12)7-15-2-3-28-17(31-15)11-4-13(19(22,23)24)6-14(5-11)20(25,26)27/h2-9H,1H3/b16-7-. The van der Waals surface area contributed by atoms with Crippen LogP contribution in [0.3, 0.4) is 0 Å². The summed E-state index contributed by atoms with van der Waals surface area (Å²) in [7, 11) is 0. The maximum Gasteiger partial charge on any atom is 0.416 e. The molecule has 166 valence electrons. The van der Waals surface area contributed by atoms with E-state index in [0.717, 1.165) is 6.20 Å². The number of hydrogen-bond acceptors (Lipinski definition) is 5. The van der Waals surface area contributed by atoms with E-state index in [1.54, 1.807) is 0 Å². The lowest BCUT2D eigenvalue weighted by molar-refractivity contribution is -0.143. The van der Waals surface area contributed by atoms with E-state index in [4.69, 9.17) is 11.6 Å². The van der Waals surface area contributed by atoms with Crippen molar-refractivity contribution in [3.63, 3.8) is 0 Å². The van der Waals surface area contributed by atoms with Gasteiger partial charge in [0.25, 0.3) is 0 Å². The molecule has 0 saturated carbocycles. The number of benzene rings is 1. The highest BCUT2D eigenvalue weighted by Gasteiger charge is 2.37. The van der Waals surface area contributed by atoms with Crippen molar-refractivity contribution in [2.24, 2.45) is 0 Å². The van der Waals surface area contributed by atoms with Crippen molar-refractivity contribution in [1.29, 1.82) is 0 Å². The van der Waals surface area contributed by atoms with Crippen LogP contribution in [0.25, 0.3) is 23.0 Å². The number of alkyl halides is 6. The second kappa shape index (κ2) is 8.65. The normalized spacial score (nSPS) is 12.7. The first kappa shape index (κ1) is 23.3. The van der Waals surface area contributed by atoms with Gasteiger partial charge in [-0.05, 0) is 48.9 Å². The van der Waals surface area contributed by atoms with Crippen LogP contribution in [0.2, 0.25) is 5.28 Å². The van der Waals surface area contributed by atoms with E-state index in [2.05, 4.69) is 19.9 Å². The summed E-state index contributed by atoms with van der Waals surface area (Å²) in [5.41, 5.74) is -3.00. The van der Waals surface area contributed by atoms with Crippen LogP contribution < -0.4 is 0 Å². The van der Waals surface area contributed by atoms with E-state index in [1.165, 1.54) is 31.5 Å². The molecule has 0 N–H and O–H groups in total. The molecule has 0 saturated heterocycles. The van der Waals surface area contributed by atoms with Crippen LogP contribution in [0.4, 0.5) is 26.3 Å². The van der Waals surface area contributed by atoms with Crippen LogP contribution in [-0.2, 0) is 17.1 Å². The molecule has 3 rings (SSSR count). The fraction of sp³-hybridized carbons (Fsp3) is 0.150. The summed E-state index contributed by atoms with van der Waals surface area (Å²) < 4.78 is 78.8. The van der Waals surface area contributed by atoms with E-state index in [1.807, 2.05) is 0 Å². The second-order valence-electron chi connectivity index (χ2n) is 6.45. The minimum Gasteiger partial charge on any atom is -0.294 e. The molecular formula is C20H11ClF6N4O. The molecular weight excluding hydrogens is 462 g/mol. The molecule has 0 unspecified atom stereocenters. The molecule has 2 aromatic heterocycles. The van der Waals surface area contributed by atoms with Gasteiger partial charge in [-0.25, -0.2) is 19.9 Å². The molecule has 0 aliphatic heterocycles. The highest BCUT2D eigenvalue weighted by molar-refractivity contribution is 6.28. The van der Waals surface area contributed by atoms with Gasteiger partial charge in [-0.1, -0.05) is 0 Å². The predicted molar refractivity (Wildman–Crippen MR) is 103 cm³/mol. The lowest BCUT2D eigenvalue weighted by Crippen LogP contribution is -2.11. The number of halogens is 7. The Hall–Kier alpha value is -3.34. The minimum atomic E-state index is -5.01. The zero-order chi connectivity index (χ0) is 23.7. The first-order valence-electron chi connectivity index (χ1n) is 8.68. The van der Waals surface area contributed by atoms with Crippen LogP contribution in [-0.4, -0.2) is 25.7 Å². The Kier molecular flexibility index (Phi) is 6.31. The summed E-state index contributed by atoms with van der Waals surface area (Å²) >= 11 is 5.63. The number of rotatable bonds is 4. The maximum atomic E-state index is 13.1. The minimum absolute atomic E-state index is 0.0155. The van der Waals surface area contributed by atoms with Crippen molar-refractivity contribution in [2.45, 2.75) is 19.3 Å². The number of carbonyl (C=O) groups is 1. The number of ketones is 1. The lowest BCUT2D eigenvalue weighted by Gasteiger charge is -2.14. The van der Waals surface area contributed by atoms with Gasteiger partial charge >= 0.3 is 12.4 Å². The molecule has 12 heteroatoms. The van der Waals surface area contributed by atoms with Gasteiger partial charge < -0.3 is 0 Å². The Morgan fingerprint density at radius 3 is 2.00 bits per heavy atom. The molecule has 0 spiro atoms. The third kappa shape index (κ3) is 5.47. The van der Waals surface area contributed by atoms with E-state index in [0.29, 0.717) is 17.7 Å². The van der Waals surface area contributed by atoms with Crippen LogP contribution >= 0.6 is 11.6 Å². The van der Waals surface area contributed by atoms with Gasteiger partial charge in [0.05, 0.1) is 16.8 Å². The van der Waals surface area contributed by atoms with E-state index in [-0.39, 0.29) is 28.4 Å². The van der Waals surface area contributed by atoms with Gasteiger partial charge in [-0.15, -0.1) is 0 Å². The van der Waals surface area contributed by atoms with Gasteiger partial charge in [0.1, 0.15) is 0 Å². The SMILES string of the molecule is CC(=O)/C(=C/c1ccnc(-c2cc(C(F)(F)F)cc(C(F)(F)F)c2)n1)c1cnc(Cl)nc1. The average molecular weight is 473 g/mol. The summed E-state index contributed by atoms with van der Waals surface area (Å²) in [5.74, 6) is -0.792. The van der Waals surface area contributed by atoms with Gasteiger partial charge in [0.15, 0.2) is 11.6 Å². The lowest BCUT2D eigenvalue weighted by atomic mass is 10.0. The zero-order valence-electron chi connectivity index (χ0n) is 16.0. The van der Waals surface area contributed by atoms with Gasteiger partial charge in [0, 0.05) is 35.3 Å². The molecule has 0 aliphatic carbocycles. The van der Waals surface area contributed by atoms with Crippen molar-refractivity contribution in [2.75, 3.05) is 0 Å². The van der Waals surface area contributed by atoms with Crippen LogP contribution in [0.1, 0.15) is 29.3 Å². The Morgan fingerprint density at radius 2 is 1.50 bits per heavy atom. The zero-order valence-corrected chi connectivity index (χ0v) is 16.7. The quantitative estimate of drug-likeness (QED) is 0.274. The molecule has 5 nitrogen and oxygen atoms in total. The fourth-order valence-corrected chi connectivity index (χ4v) is 2.76. The van der Waals surface area contributed by atoms with Gasteiger partial charge in [0.2, 0.25) is 5.28 Å². The average Bonchev–Trinajstić information content (AvgIpc) is 2.71. The van der Waals surface area contributed by atoms with Crippen LogP contribution in [0, 0.1) is 0 Å². The predicted octanol–water partition coefficient (Wildman–Crippen LogP) is 5.75. The monoisotopic (exact) mass is 472 g/mol. The fourth-order valence-electron chi connectivity index (χ4n) is 2.66. The third-order valence-electron chi connectivity index (χ3n) is 4.13. The van der Waals surface area contributed by atoms with Crippen molar-refractivity contribution in [3.8, 4) is 11.4 Å². The van der Waals surface area contributed by atoms with Crippen LogP contribution in [0.5, 0.6) is 0 Å². The molecule has 1 aromatic carbocycles. The summed E-state index contributed by atoms with van der Waals surface area (Å²) in [6.07, 6.45) is -5.01. The second-order valence-corrected chi connectivity index (χ2v) is 6.79. The van der Waals surface area contributed by atoms with E-state index < -0.39 is 34.8 Å². The summed E-state index contributed by atoms with van der Waals surface area (Å²) in [6.45, 7) is 1.25. The number of carbonyl (C=O) groups excluding carboxylic acids is 1. The highest BCUT2D eigenvalue weighted by Crippen LogP contribution is 2.38. The maximum absolute atomic E-state index is 13.1. The molecule has 0 radical (unpaired) electrons. The van der Waals surface area contributed by atoms with E-state index in [9.17, 15) is 31.1 Å². The Balaban J connectivity index is 2.12.